The van der Waals surface area contributed by atoms with E-state index in [-0.39, 0.29) is 12.1 Å². The van der Waals surface area contributed by atoms with E-state index in [4.69, 9.17) is 26.6 Å². The van der Waals surface area contributed by atoms with Crippen LogP contribution in [0.3, 0.4) is 0 Å². The third kappa shape index (κ3) is 3.06. The normalized spacial score (nSPS) is 20.5. The summed E-state index contributed by atoms with van der Waals surface area (Å²) in [5.74, 6) is -1.63. The lowest BCUT2D eigenvalue weighted by Crippen LogP contribution is -2.41. The topological polar surface area (TPSA) is 44.5 Å². The molecule has 0 saturated carbocycles. The van der Waals surface area contributed by atoms with Crippen LogP contribution in [0, 0.1) is 11.6 Å². The maximum Gasteiger partial charge on any atom is 0.491 e. The van der Waals surface area contributed by atoms with Crippen LogP contribution >= 0.6 is 11.6 Å². The highest BCUT2D eigenvalue weighted by Crippen LogP contribution is 2.38. The maximum atomic E-state index is 14.0. The fraction of sp³-hybridized carbons (Fsp3) is 0.467. The van der Waals surface area contributed by atoms with Crippen molar-refractivity contribution in [2.75, 3.05) is 6.54 Å². The maximum absolute atomic E-state index is 14.0. The van der Waals surface area contributed by atoms with Gasteiger partial charge in [-0.3, -0.25) is 0 Å². The molecule has 0 spiro atoms. The van der Waals surface area contributed by atoms with Gasteiger partial charge in [0.1, 0.15) is 10.8 Å². The lowest BCUT2D eigenvalue weighted by Gasteiger charge is -2.32. The average Bonchev–Trinajstić information content (AvgIpc) is 2.64. The standard InChI is InChI=1S/C15H19BClF2NO2/c1-14(2)15(3,4)22-16(21-14)10(8-20)7-9-5-6-11(18)12(17)13(9)19/h5-7H,8,20H2,1-4H3. The number of hydrogen-bond acceptors (Lipinski definition) is 3. The highest BCUT2D eigenvalue weighted by atomic mass is 35.5. The van der Waals surface area contributed by atoms with Crippen molar-refractivity contribution < 1.29 is 18.1 Å². The van der Waals surface area contributed by atoms with Crippen LogP contribution in [0.5, 0.6) is 0 Å². The molecule has 0 unspecified atom stereocenters. The Morgan fingerprint density at radius 2 is 1.77 bits per heavy atom. The van der Waals surface area contributed by atoms with Gasteiger partial charge in [0.25, 0.3) is 0 Å². The molecule has 1 aliphatic rings. The van der Waals surface area contributed by atoms with Crippen molar-refractivity contribution in [3.63, 3.8) is 0 Å². The second kappa shape index (κ2) is 5.93. The number of halogens is 3. The van der Waals surface area contributed by atoms with Crippen molar-refractivity contribution in [1.29, 1.82) is 0 Å². The van der Waals surface area contributed by atoms with Gasteiger partial charge in [-0.2, -0.15) is 0 Å². The second-order valence-corrected chi connectivity index (χ2v) is 6.65. The molecule has 120 valence electrons. The summed E-state index contributed by atoms with van der Waals surface area (Å²) < 4.78 is 39.0. The third-order valence-corrected chi connectivity index (χ3v) is 4.54. The summed E-state index contributed by atoms with van der Waals surface area (Å²) in [7, 11) is -0.682. The van der Waals surface area contributed by atoms with Crippen molar-refractivity contribution in [3.05, 3.63) is 39.8 Å². The van der Waals surface area contributed by atoms with E-state index in [0.29, 0.717) is 5.47 Å². The molecule has 1 saturated heterocycles. The summed E-state index contributed by atoms with van der Waals surface area (Å²) in [6.45, 7) is 7.77. The fourth-order valence-electron chi connectivity index (χ4n) is 2.07. The Morgan fingerprint density at radius 3 is 2.27 bits per heavy atom. The number of rotatable bonds is 3. The first kappa shape index (κ1) is 17.4. The first-order valence-electron chi connectivity index (χ1n) is 6.99. The zero-order valence-electron chi connectivity index (χ0n) is 13.0. The van der Waals surface area contributed by atoms with Crippen LogP contribution in [0.25, 0.3) is 6.08 Å². The van der Waals surface area contributed by atoms with E-state index in [1.807, 2.05) is 27.7 Å². The SMILES string of the molecule is CC1(C)OB(C(=Cc2ccc(F)c(Cl)c2F)CN)OC1(C)C. The summed E-state index contributed by atoms with van der Waals surface area (Å²) in [5.41, 5.74) is 5.39. The first-order valence-corrected chi connectivity index (χ1v) is 7.36. The molecule has 0 aliphatic carbocycles. The molecule has 0 bridgehead atoms. The van der Waals surface area contributed by atoms with E-state index < -0.39 is 35.0 Å². The molecule has 1 heterocycles. The van der Waals surface area contributed by atoms with Crippen LogP contribution < -0.4 is 5.73 Å². The van der Waals surface area contributed by atoms with Crippen molar-refractivity contribution in [3.8, 4) is 0 Å². The summed E-state index contributed by atoms with van der Waals surface area (Å²) in [6, 6.07) is 2.41. The highest BCUT2D eigenvalue weighted by Gasteiger charge is 2.52. The molecule has 0 aromatic heterocycles. The van der Waals surface area contributed by atoms with Crippen molar-refractivity contribution in [2.45, 2.75) is 38.9 Å². The first-order chi connectivity index (χ1) is 10.1. The zero-order chi connectivity index (χ0) is 16.7. The monoisotopic (exact) mass is 329 g/mol. The Hall–Kier alpha value is -0.945. The molecule has 7 heteroatoms. The van der Waals surface area contributed by atoms with Crippen molar-refractivity contribution >= 4 is 24.8 Å². The summed E-state index contributed by atoms with van der Waals surface area (Å²) in [5, 5.41) is -0.543. The molecule has 0 amide bonds. The number of hydrogen-bond donors (Lipinski definition) is 1. The quantitative estimate of drug-likeness (QED) is 0.681. The van der Waals surface area contributed by atoms with Gasteiger partial charge in [0.15, 0.2) is 5.82 Å². The largest absolute Gasteiger partial charge is 0.491 e. The van der Waals surface area contributed by atoms with Gasteiger partial charge >= 0.3 is 7.12 Å². The summed E-state index contributed by atoms with van der Waals surface area (Å²) >= 11 is 5.59. The molecule has 0 radical (unpaired) electrons. The number of benzene rings is 1. The molecule has 22 heavy (non-hydrogen) atoms. The van der Waals surface area contributed by atoms with Crippen LogP contribution in [-0.4, -0.2) is 24.9 Å². The molecular weight excluding hydrogens is 310 g/mol. The van der Waals surface area contributed by atoms with E-state index in [0.717, 1.165) is 6.07 Å². The fourth-order valence-corrected chi connectivity index (χ4v) is 2.24. The molecule has 2 rings (SSSR count). The van der Waals surface area contributed by atoms with Gasteiger partial charge in [0, 0.05) is 12.1 Å². The minimum Gasteiger partial charge on any atom is -0.400 e. The summed E-state index contributed by atoms with van der Waals surface area (Å²) in [4.78, 5) is 0. The molecule has 1 aromatic rings. The molecule has 1 aliphatic heterocycles. The van der Waals surface area contributed by atoms with Crippen molar-refractivity contribution in [1.82, 2.24) is 0 Å². The Labute approximate surface area is 134 Å². The van der Waals surface area contributed by atoms with Gasteiger partial charge in [-0.05, 0) is 45.3 Å². The van der Waals surface area contributed by atoms with E-state index in [1.165, 1.54) is 12.1 Å². The van der Waals surface area contributed by atoms with Crippen LogP contribution in [0.1, 0.15) is 33.3 Å². The van der Waals surface area contributed by atoms with E-state index in [9.17, 15) is 8.78 Å². The Kier molecular flexibility index (Phi) is 4.69. The Bertz CT molecular complexity index is 604. The molecule has 0 atom stereocenters. The van der Waals surface area contributed by atoms with E-state index in [2.05, 4.69) is 0 Å². The lowest BCUT2D eigenvalue weighted by molar-refractivity contribution is 0.00578. The molecule has 3 nitrogen and oxygen atoms in total. The number of nitrogens with two attached hydrogens (primary N) is 1. The Balaban J connectivity index is 2.36. The Morgan fingerprint density at radius 1 is 1.23 bits per heavy atom. The van der Waals surface area contributed by atoms with Crippen LogP contribution in [0.2, 0.25) is 5.02 Å². The third-order valence-electron chi connectivity index (χ3n) is 4.20. The predicted molar refractivity (Wildman–Crippen MR) is 84.5 cm³/mol. The van der Waals surface area contributed by atoms with E-state index >= 15 is 0 Å². The molecule has 1 aromatic carbocycles. The van der Waals surface area contributed by atoms with Crippen LogP contribution in [0.15, 0.2) is 17.6 Å². The molecule has 2 N–H and O–H groups in total. The van der Waals surface area contributed by atoms with Crippen LogP contribution in [0.4, 0.5) is 8.78 Å². The highest BCUT2D eigenvalue weighted by molar-refractivity contribution is 6.55. The smallest absolute Gasteiger partial charge is 0.400 e. The van der Waals surface area contributed by atoms with E-state index in [1.54, 1.807) is 0 Å². The van der Waals surface area contributed by atoms with Gasteiger partial charge in [0.05, 0.1) is 11.2 Å². The zero-order valence-corrected chi connectivity index (χ0v) is 13.8. The molecule has 1 fully saturated rings. The minimum absolute atomic E-state index is 0.116. The van der Waals surface area contributed by atoms with Gasteiger partial charge in [-0.1, -0.05) is 17.7 Å². The lowest BCUT2D eigenvalue weighted by atomic mass is 9.77. The van der Waals surface area contributed by atoms with Crippen LogP contribution in [-0.2, 0) is 9.31 Å². The predicted octanol–water partition coefficient (Wildman–Crippen LogP) is 3.59. The average molecular weight is 330 g/mol. The minimum atomic E-state index is -0.830. The van der Waals surface area contributed by atoms with Gasteiger partial charge in [-0.15, -0.1) is 0 Å². The summed E-state index contributed by atoms with van der Waals surface area (Å²) in [6.07, 6.45) is 1.49. The van der Waals surface area contributed by atoms with Crippen molar-refractivity contribution in [2.24, 2.45) is 5.73 Å². The van der Waals surface area contributed by atoms with Gasteiger partial charge in [0.2, 0.25) is 0 Å². The van der Waals surface area contributed by atoms with Gasteiger partial charge in [-0.25, -0.2) is 8.78 Å². The second-order valence-electron chi connectivity index (χ2n) is 6.28. The van der Waals surface area contributed by atoms with Gasteiger partial charge < -0.3 is 15.0 Å². The molecular formula is C15H19BClF2NO2.